The number of rotatable bonds is 2. The summed E-state index contributed by atoms with van der Waals surface area (Å²) in [7, 11) is 0. The van der Waals surface area contributed by atoms with Crippen LogP contribution in [0.4, 0.5) is 0 Å². The van der Waals surface area contributed by atoms with Gasteiger partial charge in [-0.2, -0.15) is 0 Å². The molecule has 6 heteroatoms. The summed E-state index contributed by atoms with van der Waals surface area (Å²) in [6.07, 6.45) is 1.92. The van der Waals surface area contributed by atoms with E-state index in [1.54, 1.807) is 23.1 Å². The number of carbonyl (C=O) groups is 2. The number of amides is 2. The van der Waals surface area contributed by atoms with Crippen molar-refractivity contribution in [3.05, 3.63) is 33.8 Å². The van der Waals surface area contributed by atoms with Crippen LogP contribution in [-0.4, -0.2) is 29.8 Å². The summed E-state index contributed by atoms with van der Waals surface area (Å²) in [5.74, 6) is -1.06. The summed E-state index contributed by atoms with van der Waals surface area (Å²) in [4.78, 5) is 25.0. The van der Waals surface area contributed by atoms with Gasteiger partial charge in [-0.1, -0.05) is 29.3 Å². The van der Waals surface area contributed by atoms with Crippen LogP contribution in [0.5, 0.6) is 0 Å². The van der Waals surface area contributed by atoms with E-state index in [9.17, 15) is 9.59 Å². The van der Waals surface area contributed by atoms with E-state index >= 15 is 0 Å². The van der Waals surface area contributed by atoms with Crippen molar-refractivity contribution in [1.29, 1.82) is 0 Å². The van der Waals surface area contributed by atoms with Gasteiger partial charge in [-0.15, -0.1) is 0 Å². The third-order valence-electron chi connectivity index (χ3n) is 3.04. The van der Waals surface area contributed by atoms with Gasteiger partial charge in [-0.25, -0.2) is 0 Å². The van der Waals surface area contributed by atoms with Crippen LogP contribution in [0, 0.1) is 0 Å². The quantitative estimate of drug-likeness (QED) is 0.852. The second kappa shape index (κ2) is 6.26. The van der Waals surface area contributed by atoms with Crippen LogP contribution >= 0.6 is 23.2 Å². The van der Waals surface area contributed by atoms with E-state index in [0.717, 1.165) is 18.4 Å². The van der Waals surface area contributed by atoms with Crippen molar-refractivity contribution in [2.45, 2.75) is 19.4 Å². The fourth-order valence-electron chi connectivity index (χ4n) is 1.98. The lowest BCUT2D eigenvalue weighted by Gasteiger charge is -2.14. The summed E-state index contributed by atoms with van der Waals surface area (Å²) in [6.45, 7) is 1.54. The average molecular weight is 301 g/mol. The third-order valence-corrected chi connectivity index (χ3v) is 3.63. The number of benzene rings is 1. The first-order valence-corrected chi connectivity index (χ1v) is 6.84. The van der Waals surface area contributed by atoms with Gasteiger partial charge in [-0.3, -0.25) is 9.59 Å². The first-order chi connectivity index (χ1) is 9.08. The van der Waals surface area contributed by atoms with Crippen molar-refractivity contribution in [2.75, 3.05) is 13.1 Å². The molecular weight excluding hydrogens is 287 g/mol. The summed E-state index contributed by atoms with van der Waals surface area (Å²) >= 11 is 11.8. The number of hydrogen-bond donors (Lipinski definition) is 1. The molecular formula is C13H14Cl2N2O2. The highest BCUT2D eigenvalue weighted by atomic mass is 35.5. The molecule has 102 valence electrons. The monoisotopic (exact) mass is 300 g/mol. The molecule has 0 unspecified atom stereocenters. The summed E-state index contributed by atoms with van der Waals surface area (Å²) in [5.41, 5.74) is 0.730. The molecule has 1 aliphatic rings. The number of nitrogens with one attached hydrogen (secondary N) is 1. The molecule has 1 aliphatic heterocycles. The molecule has 1 saturated heterocycles. The van der Waals surface area contributed by atoms with Gasteiger partial charge in [0, 0.05) is 29.7 Å². The van der Waals surface area contributed by atoms with Crippen LogP contribution in [0.2, 0.25) is 10.0 Å². The summed E-state index contributed by atoms with van der Waals surface area (Å²) in [5, 5.41) is 3.59. The molecule has 1 N–H and O–H groups in total. The fourth-order valence-corrected chi connectivity index (χ4v) is 2.46. The largest absolute Gasteiger partial charge is 0.344 e. The van der Waals surface area contributed by atoms with Crippen LogP contribution < -0.4 is 5.32 Å². The fraction of sp³-hybridized carbons (Fsp3) is 0.385. The zero-order valence-electron chi connectivity index (χ0n) is 10.3. The van der Waals surface area contributed by atoms with Crippen LogP contribution in [0.15, 0.2) is 18.2 Å². The van der Waals surface area contributed by atoms with Gasteiger partial charge in [0.15, 0.2) is 0 Å². The lowest BCUT2D eigenvalue weighted by Crippen LogP contribution is -2.41. The molecule has 0 aliphatic carbocycles. The van der Waals surface area contributed by atoms with Gasteiger partial charge in [0.2, 0.25) is 0 Å². The smallest absolute Gasteiger partial charge is 0.311 e. The molecule has 19 heavy (non-hydrogen) atoms. The van der Waals surface area contributed by atoms with Crippen LogP contribution in [0.3, 0.4) is 0 Å². The zero-order chi connectivity index (χ0) is 13.8. The Labute approximate surface area is 121 Å². The van der Waals surface area contributed by atoms with E-state index in [-0.39, 0.29) is 6.54 Å². The average Bonchev–Trinajstić information content (AvgIpc) is 2.90. The molecule has 2 amide bonds. The van der Waals surface area contributed by atoms with E-state index in [1.165, 1.54) is 0 Å². The topological polar surface area (TPSA) is 49.4 Å². The third kappa shape index (κ3) is 3.61. The van der Waals surface area contributed by atoms with E-state index in [0.29, 0.717) is 23.1 Å². The van der Waals surface area contributed by atoms with Crippen molar-refractivity contribution >= 4 is 35.0 Å². The second-order valence-electron chi connectivity index (χ2n) is 4.42. The zero-order valence-corrected chi connectivity index (χ0v) is 11.8. The van der Waals surface area contributed by atoms with Gasteiger partial charge in [0.25, 0.3) is 0 Å². The predicted octanol–water partition coefficient (Wildman–Crippen LogP) is 2.23. The Bertz CT molecular complexity index is 499. The number of halogens is 2. The van der Waals surface area contributed by atoms with E-state index in [2.05, 4.69) is 5.32 Å². The Morgan fingerprint density at radius 1 is 1.21 bits per heavy atom. The Balaban J connectivity index is 1.90. The molecule has 1 aromatic carbocycles. The van der Waals surface area contributed by atoms with Crippen molar-refractivity contribution in [1.82, 2.24) is 10.2 Å². The molecule has 1 fully saturated rings. The number of hydrogen-bond acceptors (Lipinski definition) is 2. The molecule has 0 saturated carbocycles. The van der Waals surface area contributed by atoms with Crippen LogP contribution in [0.1, 0.15) is 18.4 Å². The number of carbonyl (C=O) groups excluding carboxylic acids is 2. The molecule has 0 spiro atoms. The number of nitrogens with zero attached hydrogens (tertiary/aromatic N) is 1. The maximum Gasteiger partial charge on any atom is 0.311 e. The maximum absolute atomic E-state index is 11.8. The molecule has 4 nitrogen and oxygen atoms in total. The first-order valence-electron chi connectivity index (χ1n) is 6.09. The number of likely N-dealkylation sites (tertiary alicyclic amines) is 1. The summed E-state index contributed by atoms with van der Waals surface area (Å²) < 4.78 is 0. The lowest BCUT2D eigenvalue weighted by atomic mass is 10.2. The van der Waals surface area contributed by atoms with Crippen molar-refractivity contribution in [3.63, 3.8) is 0 Å². The Hall–Kier alpha value is -1.26. The minimum atomic E-state index is -0.590. The van der Waals surface area contributed by atoms with Gasteiger partial charge in [0.05, 0.1) is 0 Å². The van der Waals surface area contributed by atoms with Gasteiger partial charge >= 0.3 is 11.8 Å². The normalized spacial score (nSPS) is 14.5. The molecule has 0 radical (unpaired) electrons. The predicted molar refractivity (Wildman–Crippen MR) is 74.1 cm³/mol. The van der Waals surface area contributed by atoms with Crippen molar-refractivity contribution < 1.29 is 9.59 Å². The Kier molecular flexibility index (Phi) is 4.66. The van der Waals surface area contributed by atoms with Crippen LogP contribution in [-0.2, 0) is 16.1 Å². The summed E-state index contributed by atoms with van der Waals surface area (Å²) in [6, 6.07) is 5.02. The molecule has 0 atom stereocenters. The molecule has 1 heterocycles. The highest BCUT2D eigenvalue weighted by Crippen LogP contribution is 2.20. The lowest BCUT2D eigenvalue weighted by molar-refractivity contribution is -0.145. The molecule has 0 bridgehead atoms. The Morgan fingerprint density at radius 2 is 1.89 bits per heavy atom. The van der Waals surface area contributed by atoms with Gasteiger partial charge in [-0.05, 0) is 30.5 Å². The minimum absolute atomic E-state index is 0.217. The van der Waals surface area contributed by atoms with E-state index in [1.807, 2.05) is 0 Å². The first kappa shape index (κ1) is 14.2. The van der Waals surface area contributed by atoms with Crippen molar-refractivity contribution in [3.8, 4) is 0 Å². The highest BCUT2D eigenvalue weighted by molar-refractivity contribution is 6.36. The SMILES string of the molecule is O=C(NCc1ccc(Cl)cc1Cl)C(=O)N1CCCC1. The van der Waals surface area contributed by atoms with Gasteiger partial charge < -0.3 is 10.2 Å². The van der Waals surface area contributed by atoms with Gasteiger partial charge in [0.1, 0.15) is 0 Å². The van der Waals surface area contributed by atoms with E-state index < -0.39 is 11.8 Å². The standard InChI is InChI=1S/C13H14Cl2N2O2/c14-10-4-3-9(11(15)7-10)8-16-12(18)13(19)17-5-1-2-6-17/h3-4,7H,1-2,5-6,8H2,(H,16,18). The van der Waals surface area contributed by atoms with Crippen LogP contribution in [0.25, 0.3) is 0 Å². The minimum Gasteiger partial charge on any atom is -0.344 e. The maximum atomic E-state index is 11.8. The second-order valence-corrected chi connectivity index (χ2v) is 5.26. The van der Waals surface area contributed by atoms with E-state index in [4.69, 9.17) is 23.2 Å². The Morgan fingerprint density at radius 3 is 2.53 bits per heavy atom. The molecule has 2 rings (SSSR count). The molecule has 0 aromatic heterocycles. The molecule has 1 aromatic rings. The highest BCUT2D eigenvalue weighted by Gasteiger charge is 2.24. The van der Waals surface area contributed by atoms with Crippen molar-refractivity contribution in [2.24, 2.45) is 0 Å².